The van der Waals surface area contributed by atoms with Crippen LogP contribution < -0.4 is 10.3 Å². The number of benzene rings is 2. The number of aromatic amines is 1. The summed E-state index contributed by atoms with van der Waals surface area (Å²) in [6.45, 7) is 2.85. The third kappa shape index (κ3) is 4.28. The molecule has 0 saturated heterocycles. The Morgan fingerprint density at radius 2 is 1.96 bits per heavy atom. The third-order valence-corrected chi connectivity index (χ3v) is 4.56. The van der Waals surface area contributed by atoms with Gasteiger partial charge in [-0.25, -0.2) is 4.98 Å². The second-order valence-corrected chi connectivity index (χ2v) is 6.90. The highest BCUT2D eigenvalue weighted by Crippen LogP contribution is 2.31. The van der Waals surface area contributed by atoms with Crippen molar-refractivity contribution >= 4 is 26.8 Å². The van der Waals surface area contributed by atoms with Crippen LogP contribution >= 0.6 is 15.9 Å². The van der Waals surface area contributed by atoms with Gasteiger partial charge in [0, 0.05) is 4.47 Å². The lowest BCUT2D eigenvalue weighted by Crippen LogP contribution is -2.10. The largest absolute Gasteiger partial charge is 0.493 e. The molecule has 0 amide bonds. The molecule has 3 rings (SSSR count). The van der Waals surface area contributed by atoms with Gasteiger partial charge in [0.25, 0.3) is 5.56 Å². The molecule has 0 fully saturated rings. The Kier molecular flexibility index (Phi) is 5.87. The van der Waals surface area contributed by atoms with Gasteiger partial charge >= 0.3 is 0 Å². The molecule has 1 aromatic heterocycles. The van der Waals surface area contributed by atoms with Crippen LogP contribution in [0.5, 0.6) is 5.75 Å². The average molecular weight is 401 g/mol. The fraction of sp³-hybridized carbons (Fsp3) is 0.300. The quantitative estimate of drug-likeness (QED) is 0.546. The van der Waals surface area contributed by atoms with Crippen molar-refractivity contribution in [3.05, 3.63) is 57.3 Å². The summed E-state index contributed by atoms with van der Waals surface area (Å²) in [7, 11) is 0. The van der Waals surface area contributed by atoms with E-state index in [0.29, 0.717) is 23.3 Å². The standard InChI is InChI=1S/C20H21BrN2O2/c1-2-3-4-7-12-25-18-11-10-14(21)13-16(18)19-22-17-9-6-5-8-15(17)20(24)23-19/h5-6,8-11,13H,2-4,7,12H2,1H3,(H,22,23,24). The second-order valence-electron chi connectivity index (χ2n) is 5.98. The van der Waals surface area contributed by atoms with E-state index in [1.807, 2.05) is 36.4 Å². The Bertz CT molecular complexity index is 921. The van der Waals surface area contributed by atoms with Crippen molar-refractivity contribution in [2.24, 2.45) is 0 Å². The highest BCUT2D eigenvalue weighted by atomic mass is 79.9. The van der Waals surface area contributed by atoms with E-state index in [-0.39, 0.29) is 5.56 Å². The first-order valence-corrected chi connectivity index (χ1v) is 9.40. The van der Waals surface area contributed by atoms with E-state index in [9.17, 15) is 4.79 Å². The molecule has 0 aliphatic rings. The van der Waals surface area contributed by atoms with E-state index in [0.717, 1.165) is 28.6 Å². The second kappa shape index (κ2) is 8.30. The maximum absolute atomic E-state index is 12.4. The molecule has 1 heterocycles. The molecule has 1 N–H and O–H groups in total. The summed E-state index contributed by atoms with van der Waals surface area (Å²) in [6.07, 6.45) is 4.60. The molecule has 5 heteroatoms. The van der Waals surface area contributed by atoms with Crippen molar-refractivity contribution in [3.8, 4) is 17.1 Å². The zero-order valence-corrected chi connectivity index (χ0v) is 15.8. The van der Waals surface area contributed by atoms with Crippen molar-refractivity contribution in [3.63, 3.8) is 0 Å². The predicted molar refractivity (Wildman–Crippen MR) is 105 cm³/mol. The van der Waals surface area contributed by atoms with Crippen LogP contribution in [0.15, 0.2) is 51.7 Å². The Labute approximate surface area is 155 Å². The highest BCUT2D eigenvalue weighted by molar-refractivity contribution is 9.10. The van der Waals surface area contributed by atoms with Gasteiger partial charge in [-0.1, -0.05) is 54.2 Å². The van der Waals surface area contributed by atoms with Gasteiger partial charge in [0.2, 0.25) is 0 Å². The van der Waals surface area contributed by atoms with Gasteiger partial charge in [-0.15, -0.1) is 0 Å². The van der Waals surface area contributed by atoms with Gasteiger partial charge in [0.15, 0.2) is 0 Å². The van der Waals surface area contributed by atoms with Crippen LogP contribution in [0, 0.1) is 0 Å². The molecule has 0 bridgehead atoms. The van der Waals surface area contributed by atoms with Crippen LogP contribution in [0.4, 0.5) is 0 Å². The fourth-order valence-corrected chi connectivity index (χ4v) is 3.10. The lowest BCUT2D eigenvalue weighted by molar-refractivity contribution is 0.306. The lowest BCUT2D eigenvalue weighted by atomic mass is 10.1. The molecule has 0 saturated carbocycles. The zero-order valence-electron chi connectivity index (χ0n) is 14.2. The maximum Gasteiger partial charge on any atom is 0.259 e. The van der Waals surface area contributed by atoms with E-state index in [1.54, 1.807) is 6.07 Å². The van der Waals surface area contributed by atoms with Gasteiger partial charge in [-0.2, -0.15) is 0 Å². The molecule has 0 unspecified atom stereocenters. The summed E-state index contributed by atoms with van der Waals surface area (Å²) in [5, 5.41) is 0.586. The summed E-state index contributed by atoms with van der Waals surface area (Å²) >= 11 is 3.49. The topological polar surface area (TPSA) is 55.0 Å². The number of fused-ring (bicyclic) bond motifs is 1. The molecule has 0 radical (unpaired) electrons. The first-order chi connectivity index (χ1) is 12.2. The molecule has 0 aliphatic carbocycles. The average Bonchev–Trinajstić information content (AvgIpc) is 2.62. The summed E-state index contributed by atoms with van der Waals surface area (Å²) in [6, 6.07) is 13.1. The molecule has 130 valence electrons. The molecule has 3 aromatic rings. The number of unbranched alkanes of at least 4 members (excludes halogenated alkanes) is 3. The lowest BCUT2D eigenvalue weighted by Gasteiger charge is -2.12. The highest BCUT2D eigenvalue weighted by Gasteiger charge is 2.12. The summed E-state index contributed by atoms with van der Waals surface area (Å²) < 4.78 is 6.88. The van der Waals surface area contributed by atoms with Crippen molar-refractivity contribution in [1.82, 2.24) is 9.97 Å². The predicted octanol–water partition coefficient (Wildman–Crippen LogP) is 5.31. The van der Waals surface area contributed by atoms with Crippen LogP contribution in [0.2, 0.25) is 0 Å². The molecule has 0 atom stereocenters. The van der Waals surface area contributed by atoms with Gasteiger partial charge in [-0.05, 0) is 36.8 Å². The molecule has 25 heavy (non-hydrogen) atoms. The fourth-order valence-electron chi connectivity index (χ4n) is 2.74. The van der Waals surface area contributed by atoms with E-state index in [1.165, 1.54) is 12.8 Å². The van der Waals surface area contributed by atoms with Gasteiger partial charge in [-0.3, -0.25) is 4.79 Å². The van der Waals surface area contributed by atoms with Gasteiger partial charge in [0.05, 0.1) is 23.1 Å². The minimum absolute atomic E-state index is 0.144. The van der Waals surface area contributed by atoms with E-state index in [2.05, 4.69) is 32.8 Å². The van der Waals surface area contributed by atoms with Crippen LogP contribution in [0.3, 0.4) is 0 Å². The number of nitrogens with one attached hydrogen (secondary N) is 1. The number of rotatable bonds is 7. The summed E-state index contributed by atoms with van der Waals surface area (Å²) in [5.74, 6) is 1.26. The monoisotopic (exact) mass is 400 g/mol. The molecule has 0 spiro atoms. The number of para-hydroxylation sites is 1. The zero-order chi connectivity index (χ0) is 17.6. The maximum atomic E-state index is 12.4. The number of hydrogen-bond acceptors (Lipinski definition) is 3. The number of nitrogens with zero attached hydrogens (tertiary/aromatic N) is 1. The summed E-state index contributed by atoms with van der Waals surface area (Å²) in [4.78, 5) is 19.8. The minimum atomic E-state index is -0.144. The van der Waals surface area contributed by atoms with E-state index >= 15 is 0 Å². The first kappa shape index (κ1) is 17.7. The number of hydrogen-bond donors (Lipinski definition) is 1. The van der Waals surface area contributed by atoms with Gasteiger partial charge in [0.1, 0.15) is 11.6 Å². The number of ether oxygens (including phenoxy) is 1. The van der Waals surface area contributed by atoms with Crippen molar-refractivity contribution < 1.29 is 4.74 Å². The van der Waals surface area contributed by atoms with Crippen molar-refractivity contribution in [1.29, 1.82) is 0 Å². The van der Waals surface area contributed by atoms with Crippen molar-refractivity contribution in [2.75, 3.05) is 6.61 Å². The van der Waals surface area contributed by atoms with E-state index in [4.69, 9.17) is 4.74 Å². The minimum Gasteiger partial charge on any atom is -0.493 e. The number of halogens is 1. The summed E-state index contributed by atoms with van der Waals surface area (Å²) in [5.41, 5.74) is 1.32. The normalized spacial score (nSPS) is 11.0. The Hall–Kier alpha value is -2.14. The van der Waals surface area contributed by atoms with Gasteiger partial charge < -0.3 is 9.72 Å². The van der Waals surface area contributed by atoms with E-state index < -0.39 is 0 Å². The molecular formula is C20H21BrN2O2. The van der Waals surface area contributed by atoms with Crippen LogP contribution in [0.1, 0.15) is 32.6 Å². The van der Waals surface area contributed by atoms with Crippen LogP contribution in [0.25, 0.3) is 22.3 Å². The number of aromatic nitrogens is 2. The molecular weight excluding hydrogens is 380 g/mol. The third-order valence-electron chi connectivity index (χ3n) is 4.07. The van der Waals surface area contributed by atoms with Crippen LogP contribution in [-0.2, 0) is 0 Å². The van der Waals surface area contributed by atoms with Crippen LogP contribution in [-0.4, -0.2) is 16.6 Å². The molecule has 2 aromatic carbocycles. The Morgan fingerprint density at radius 1 is 1.12 bits per heavy atom. The van der Waals surface area contributed by atoms with Crippen molar-refractivity contribution in [2.45, 2.75) is 32.6 Å². The smallest absolute Gasteiger partial charge is 0.259 e. The first-order valence-electron chi connectivity index (χ1n) is 8.61. The Morgan fingerprint density at radius 3 is 2.80 bits per heavy atom. The molecule has 0 aliphatic heterocycles. The number of H-pyrrole nitrogens is 1. The Balaban J connectivity index is 1.93. The SMILES string of the molecule is CCCCCCOc1ccc(Br)cc1-c1nc2ccccc2c(=O)[nH]1. The molecule has 4 nitrogen and oxygen atoms in total.